The predicted molar refractivity (Wildman–Crippen MR) is 113 cm³/mol. The van der Waals surface area contributed by atoms with Crippen molar-refractivity contribution in [3.05, 3.63) is 59.4 Å². The number of hydrogen-bond donors (Lipinski definition) is 1. The van der Waals surface area contributed by atoms with Crippen molar-refractivity contribution in [2.75, 3.05) is 51.8 Å². The van der Waals surface area contributed by atoms with Crippen LogP contribution in [0.5, 0.6) is 11.5 Å². The molecule has 2 aromatic carbocycles. The van der Waals surface area contributed by atoms with Crippen LogP contribution in [0.3, 0.4) is 0 Å². The molecule has 1 heterocycles. The molecule has 1 aliphatic rings. The number of para-hydroxylation sites is 1. The zero-order valence-corrected chi connectivity index (χ0v) is 17.2. The maximum absolute atomic E-state index is 14.7. The van der Waals surface area contributed by atoms with Crippen LogP contribution >= 0.6 is 0 Å². The van der Waals surface area contributed by atoms with Crippen LogP contribution in [0.4, 0.5) is 10.1 Å². The minimum atomic E-state index is -0.358. The number of nitrogens with zero attached hydrogens (tertiary/aromatic N) is 1. The van der Waals surface area contributed by atoms with Crippen molar-refractivity contribution in [3.8, 4) is 11.5 Å². The number of piperazine rings is 1. The zero-order valence-electron chi connectivity index (χ0n) is 17.2. The van der Waals surface area contributed by atoms with E-state index in [2.05, 4.69) is 11.8 Å². The highest BCUT2D eigenvalue weighted by Crippen LogP contribution is 2.31. The second-order valence-corrected chi connectivity index (χ2v) is 7.04. The molecule has 0 amide bonds. The number of likely N-dealkylation sites (N-methyl/N-ethyl adjacent to an activating group) is 1. The van der Waals surface area contributed by atoms with Gasteiger partial charge in [-0.15, -0.1) is 0 Å². The van der Waals surface area contributed by atoms with Crippen LogP contribution in [0.25, 0.3) is 6.08 Å². The number of rotatable bonds is 7. The molecule has 5 nitrogen and oxygen atoms in total. The number of ketones is 1. The summed E-state index contributed by atoms with van der Waals surface area (Å²) in [5, 5.41) is 0. The van der Waals surface area contributed by atoms with Crippen molar-refractivity contribution in [3.63, 3.8) is 0 Å². The Labute approximate surface area is 171 Å². The van der Waals surface area contributed by atoms with Crippen LogP contribution in [0.15, 0.2) is 42.5 Å². The van der Waals surface area contributed by atoms with Crippen LogP contribution in [-0.4, -0.2) is 52.7 Å². The monoisotopic (exact) mass is 399 g/mol. The lowest BCUT2D eigenvalue weighted by molar-refractivity contribution is -0.898. The van der Waals surface area contributed by atoms with Crippen LogP contribution < -0.4 is 19.3 Å². The van der Waals surface area contributed by atoms with Crippen molar-refractivity contribution in [2.45, 2.75) is 6.92 Å². The second kappa shape index (κ2) is 9.56. The molecule has 6 heteroatoms. The second-order valence-electron chi connectivity index (χ2n) is 7.04. The van der Waals surface area contributed by atoms with Crippen LogP contribution in [0.2, 0.25) is 0 Å². The van der Waals surface area contributed by atoms with Gasteiger partial charge in [0.05, 0.1) is 52.6 Å². The normalized spacial score (nSPS) is 15.0. The van der Waals surface area contributed by atoms with E-state index in [1.165, 1.54) is 17.0 Å². The van der Waals surface area contributed by atoms with Crippen LogP contribution in [0, 0.1) is 5.82 Å². The van der Waals surface area contributed by atoms with Gasteiger partial charge < -0.3 is 19.3 Å². The molecular formula is C23H28FN2O3+. The lowest BCUT2D eigenvalue weighted by atomic mass is 10.1. The number of benzene rings is 2. The molecule has 0 bridgehead atoms. The van der Waals surface area contributed by atoms with Gasteiger partial charge in [-0.1, -0.05) is 12.1 Å². The number of allylic oxidation sites excluding steroid dienone is 1. The summed E-state index contributed by atoms with van der Waals surface area (Å²) in [6.07, 6.45) is 3.08. The first-order chi connectivity index (χ1) is 14.1. The van der Waals surface area contributed by atoms with E-state index in [0.717, 1.165) is 32.7 Å². The number of halogens is 1. The average Bonchev–Trinajstić information content (AvgIpc) is 2.77. The molecule has 0 aromatic heterocycles. The molecule has 0 atom stereocenters. The van der Waals surface area contributed by atoms with Crippen LogP contribution in [0.1, 0.15) is 22.8 Å². The Balaban J connectivity index is 1.74. The molecule has 1 fully saturated rings. The molecule has 29 heavy (non-hydrogen) atoms. The lowest BCUT2D eigenvalue weighted by Gasteiger charge is -2.33. The Bertz CT molecular complexity index is 890. The minimum Gasteiger partial charge on any atom is -0.493 e. The standard InChI is InChI=1S/C23H27FN2O3/c1-4-25-12-14-26(15-13-25)20-10-8-18(16-19(20)24)21(27)11-9-17-6-5-7-22(28-2)23(17)29-3/h5-11,16H,4,12-15H2,1-3H3/p+1/b11-9+. The highest BCUT2D eigenvalue weighted by Gasteiger charge is 2.21. The number of methoxy groups -OCH3 is 2. The number of nitrogens with one attached hydrogen (secondary N) is 1. The summed E-state index contributed by atoms with van der Waals surface area (Å²) in [6, 6.07) is 10.1. The first kappa shape index (κ1) is 20.9. The topological polar surface area (TPSA) is 43.2 Å². The fraction of sp³-hybridized carbons (Fsp3) is 0.348. The molecule has 3 rings (SSSR count). The number of carbonyl (C=O) groups is 1. The molecule has 0 spiro atoms. The van der Waals surface area contributed by atoms with E-state index < -0.39 is 0 Å². The summed E-state index contributed by atoms with van der Waals surface area (Å²) >= 11 is 0. The third-order valence-electron chi connectivity index (χ3n) is 5.39. The number of quaternary nitrogens is 1. The van der Waals surface area contributed by atoms with Crippen LogP contribution in [-0.2, 0) is 0 Å². The van der Waals surface area contributed by atoms with E-state index >= 15 is 0 Å². The van der Waals surface area contributed by atoms with Gasteiger partial charge in [0.15, 0.2) is 17.3 Å². The summed E-state index contributed by atoms with van der Waals surface area (Å²) in [4.78, 5) is 16.1. The summed E-state index contributed by atoms with van der Waals surface area (Å²) in [5.41, 5.74) is 1.60. The SMILES string of the molecule is CC[NH+]1CCN(c2ccc(C(=O)/C=C/c3cccc(OC)c3OC)cc2F)CC1. The van der Waals surface area contributed by atoms with E-state index in [1.54, 1.807) is 38.5 Å². The summed E-state index contributed by atoms with van der Waals surface area (Å²) in [5.74, 6) is 0.514. The third-order valence-corrected chi connectivity index (χ3v) is 5.39. The lowest BCUT2D eigenvalue weighted by Crippen LogP contribution is -3.14. The van der Waals surface area contributed by atoms with Crippen molar-refractivity contribution < 1.29 is 23.6 Å². The van der Waals surface area contributed by atoms with E-state index in [1.807, 2.05) is 12.1 Å². The maximum atomic E-state index is 14.7. The Morgan fingerprint density at radius 3 is 2.55 bits per heavy atom. The van der Waals surface area contributed by atoms with E-state index in [-0.39, 0.29) is 11.6 Å². The molecule has 1 saturated heterocycles. The van der Waals surface area contributed by atoms with Gasteiger partial charge in [-0.25, -0.2) is 4.39 Å². The van der Waals surface area contributed by atoms with Gasteiger partial charge in [0, 0.05) is 11.1 Å². The van der Waals surface area contributed by atoms with Crippen molar-refractivity contribution in [1.82, 2.24) is 0 Å². The number of anilines is 1. The molecule has 1 aliphatic heterocycles. The largest absolute Gasteiger partial charge is 0.493 e. The van der Waals surface area contributed by atoms with Crippen molar-refractivity contribution in [2.24, 2.45) is 0 Å². The minimum absolute atomic E-state index is 0.263. The first-order valence-electron chi connectivity index (χ1n) is 9.88. The Hall–Kier alpha value is -2.86. The first-order valence-corrected chi connectivity index (χ1v) is 9.88. The fourth-order valence-electron chi connectivity index (χ4n) is 3.64. The smallest absolute Gasteiger partial charge is 0.185 e. The van der Waals surface area contributed by atoms with Gasteiger partial charge in [-0.3, -0.25) is 4.79 Å². The quantitative estimate of drug-likeness (QED) is 0.574. The Morgan fingerprint density at radius 1 is 1.17 bits per heavy atom. The van der Waals surface area contributed by atoms with Gasteiger partial charge in [-0.05, 0) is 43.3 Å². The van der Waals surface area contributed by atoms with E-state index in [4.69, 9.17) is 9.47 Å². The van der Waals surface area contributed by atoms with Crippen molar-refractivity contribution >= 4 is 17.5 Å². The predicted octanol–water partition coefficient (Wildman–Crippen LogP) is 2.46. The fourth-order valence-corrected chi connectivity index (χ4v) is 3.64. The molecule has 0 radical (unpaired) electrons. The highest BCUT2D eigenvalue weighted by atomic mass is 19.1. The average molecular weight is 399 g/mol. The summed E-state index contributed by atoms with van der Waals surface area (Å²) in [7, 11) is 3.11. The van der Waals surface area contributed by atoms with Gasteiger partial charge in [-0.2, -0.15) is 0 Å². The third kappa shape index (κ3) is 4.77. The molecule has 0 aliphatic carbocycles. The molecule has 0 saturated carbocycles. The molecule has 0 unspecified atom stereocenters. The van der Waals surface area contributed by atoms with E-state index in [9.17, 15) is 9.18 Å². The molecule has 1 N–H and O–H groups in total. The Morgan fingerprint density at radius 2 is 1.93 bits per heavy atom. The van der Waals surface area contributed by atoms with Gasteiger partial charge in [0.1, 0.15) is 5.82 Å². The van der Waals surface area contributed by atoms with Crippen molar-refractivity contribution in [1.29, 1.82) is 0 Å². The summed E-state index contributed by atoms with van der Waals surface area (Å²) in [6.45, 7) is 6.91. The number of ether oxygens (including phenoxy) is 2. The zero-order chi connectivity index (χ0) is 20.8. The molecule has 2 aromatic rings. The molecule has 154 valence electrons. The Kier molecular flexibility index (Phi) is 6.88. The van der Waals surface area contributed by atoms with Gasteiger partial charge in [0.25, 0.3) is 0 Å². The molecular weight excluding hydrogens is 371 g/mol. The van der Waals surface area contributed by atoms with Gasteiger partial charge in [0.2, 0.25) is 0 Å². The van der Waals surface area contributed by atoms with Gasteiger partial charge >= 0.3 is 0 Å². The number of hydrogen-bond acceptors (Lipinski definition) is 4. The highest BCUT2D eigenvalue weighted by molar-refractivity contribution is 6.07. The number of carbonyl (C=O) groups excluding carboxylic acids is 1. The van der Waals surface area contributed by atoms with E-state index in [0.29, 0.717) is 28.3 Å². The maximum Gasteiger partial charge on any atom is 0.185 e. The summed E-state index contributed by atoms with van der Waals surface area (Å²) < 4.78 is 25.3.